The third-order valence-corrected chi connectivity index (χ3v) is 2.93. The second kappa shape index (κ2) is 7.21. The van der Waals surface area contributed by atoms with Crippen LogP contribution in [-0.4, -0.2) is 28.3 Å². The summed E-state index contributed by atoms with van der Waals surface area (Å²) in [7, 11) is 0. The molecule has 0 amide bonds. The van der Waals surface area contributed by atoms with Crippen molar-refractivity contribution in [3.05, 3.63) is 33.9 Å². The zero-order valence-corrected chi connectivity index (χ0v) is 12.3. The molecule has 1 aromatic rings. The summed E-state index contributed by atoms with van der Waals surface area (Å²) in [6, 6.07) is 5.17. The first-order valence-electron chi connectivity index (χ1n) is 6.66. The molecule has 0 fully saturated rings. The van der Waals surface area contributed by atoms with Gasteiger partial charge >= 0.3 is 5.69 Å². The van der Waals surface area contributed by atoms with Crippen molar-refractivity contribution < 1.29 is 14.8 Å². The van der Waals surface area contributed by atoms with Gasteiger partial charge in [0.2, 0.25) is 0 Å². The molecule has 0 aliphatic carbocycles. The summed E-state index contributed by atoms with van der Waals surface area (Å²) in [4.78, 5) is 10.6. The summed E-state index contributed by atoms with van der Waals surface area (Å²) in [5.74, 6) is 0.177. The Hall–Kier alpha value is -1.66. The standard InChI is InChI=1S/C14H22N2O4/c1-9(2)15-8-12-5-6-14(13(7-12)16(18)19)20-11(4)10(3)17/h5-7,9-11,15,17H,8H2,1-4H3. The number of hydrogen-bond donors (Lipinski definition) is 2. The van der Waals surface area contributed by atoms with Gasteiger partial charge in [-0.15, -0.1) is 0 Å². The van der Waals surface area contributed by atoms with Crippen molar-refractivity contribution in [2.24, 2.45) is 0 Å². The van der Waals surface area contributed by atoms with Gasteiger partial charge in [-0.2, -0.15) is 0 Å². The van der Waals surface area contributed by atoms with Gasteiger partial charge in [0.05, 0.1) is 11.0 Å². The van der Waals surface area contributed by atoms with Crippen LogP contribution in [0.15, 0.2) is 18.2 Å². The Labute approximate surface area is 118 Å². The summed E-state index contributed by atoms with van der Waals surface area (Å²) < 4.78 is 5.44. The highest BCUT2D eigenvalue weighted by Crippen LogP contribution is 2.29. The molecule has 1 aromatic carbocycles. The molecule has 0 aliphatic rings. The Morgan fingerprint density at radius 2 is 2.00 bits per heavy atom. The van der Waals surface area contributed by atoms with Crippen molar-refractivity contribution in [3.63, 3.8) is 0 Å². The first-order chi connectivity index (χ1) is 9.31. The molecule has 0 bridgehead atoms. The minimum Gasteiger partial charge on any atom is -0.481 e. The Morgan fingerprint density at radius 1 is 1.35 bits per heavy atom. The van der Waals surface area contributed by atoms with Gasteiger partial charge in [-0.05, 0) is 25.5 Å². The van der Waals surface area contributed by atoms with Crippen LogP contribution >= 0.6 is 0 Å². The number of hydrogen-bond acceptors (Lipinski definition) is 5. The second-order valence-corrected chi connectivity index (χ2v) is 5.16. The summed E-state index contributed by atoms with van der Waals surface area (Å²) in [6.07, 6.45) is -1.20. The average molecular weight is 282 g/mol. The molecule has 6 nitrogen and oxygen atoms in total. The molecular weight excluding hydrogens is 260 g/mol. The van der Waals surface area contributed by atoms with E-state index in [0.29, 0.717) is 12.6 Å². The first kappa shape index (κ1) is 16.4. The minimum absolute atomic E-state index is 0.0828. The van der Waals surface area contributed by atoms with E-state index in [4.69, 9.17) is 4.74 Å². The maximum absolute atomic E-state index is 11.1. The number of rotatable bonds is 7. The molecule has 2 unspecified atom stereocenters. The lowest BCUT2D eigenvalue weighted by molar-refractivity contribution is -0.386. The van der Waals surface area contributed by atoms with E-state index in [0.717, 1.165) is 5.56 Å². The highest BCUT2D eigenvalue weighted by atomic mass is 16.6. The van der Waals surface area contributed by atoms with E-state index < -0.39 is 17.1 Å². The van der Waals surface area contributed by atoms with Gasteiger partial charge in [-0.3, -0.25) is 10.1 Å². The molecule has 0 heterocycles. The van der Waals surface area contributed by atoms with Gasteiger partial charge in [0.1, 0.15) is 6.10 Å². The molecule has 0 aliphatic heterocycles. The van der Waals surface area contributed by atoms with Crippen LogP contribution in [0.25, 0.3) is 0 Å². The Balaban J connectivity index is 2.93. The molecular formula is C14H22N2O4. The van der Waals surface area contributed by atoms with E-state index in [9.17, 15) is 15.2 Å². The average Bonchev–Trinajstić information content (AvgIpc) is 2.36. The van der Waals surface area contributed by atoms with Crippen molar-refractivity contribution in [1.82, 2.24) is 5.32 Å². The molecule has 0 aromatic heterocycles. The smallest absolute Gasteiger partial charge is 0.311 e. The Kier molecular flexibility index (Phi) is 5.91. The quantitative estimate of drug-likeness (QED) is 0.592. The fourth-order valence-electron chi connectivity index (χ4n) is 1.54. The van der Waals surface area contributed by atoms with Gasteiger partial charge in [-0.1, -0.05) is 19.9 Å². The third-order valence-electron chi connectivity index (χ3n) is 2.93. The van der Waals surface area contributed by atoms with E-state index >= 15 is 0 Å². The predicted octanol–water partition coefficient (Wildman–Crippen LogP) is 2.24. The first-order valence-corrected chi connectivity index (χ1v) is 6.66. The molecule has 2 N–H and O–H groups in total. The van der Waals surface area contributed by atoms with Crippen molar-refractivity contribution in [1.29, 1.82) is 0 Å². The summed E-state index contributed by atoms with van der Waals surface area (Å²) in [5.41, 5.74) is 0.739. The van der Waals surface area contributed by atoms with E-state index in [-0.39, 0.29) is 11.4 Å². The zero-order valence-electron chi connectivity index (χ0n) is 12.3. The van der Waals surface area contributed by atoms with Crippen LogP contribution < -0.4 is 10.1 Å². The Morgan fingerprint density at radius 3 is 2.50 bits per heavy atom. The molecule has 2 atom stereocenters. The van der Waals surface area contributed by atoms with Crippen molar-refractivity contribution in [3.8, 4) is 5.75 Å². The van der Waals surface area contributed by atoms with Crippen molar-refractivity contribution in [2.75, 3.05) is 0 Å². The fourth-order valence-corrected chi connectivity index (χ4v) is 1.54. The number of aliphatic hydroxyl groups is 1. The topological polar surface area (TPSA) is 84.6 Å². The maximum Gasteiger partial charge on any atom is 0.311 e. The normalized spacial score (nSPS) is 14.1. The molecule has 0 spiro atoms. The number of nitro groups is 1. The van der Waals surface area contributed by atoms with Crippen LogP contribution in [0.4, 0.5) is 5.69 Å². The molecule has 20 heavy (non-hydrogen) atoms. The monoisotopic (exact) mass is 282 g/mol. The lowest BCUT2D eigenvalue weighted by Gasteiger charge is -2.17. The lowest BCUT2D eigenvalue weighted by Crippen LogP contribution is -2.26. The fraction of sp³-hybridized carbons (Fsp3) is 0.571. The minimum atomic E-state index is -0.697. The van der Waals surface area contributed by atoms with Crippen LogP contribution in [0.5, 0.6) is 5.75 Å². The highest BCUT2D eigenvalue weighted by molar-refractivity contribution is 5.48. The number of ether oxygens (including phenoxy) is 1. The number of nitrogens with zero attached hydrogens (tertiary/aromatic N) is 1. The molecule has 1 rings (SSSR count). The largest absolute Gasteiger partial charge is 0.481 e. The molecule has 112 valence electrons. The van der Waals surface area contributed by atoms with E-state index in [2.05, 4.69) is 5.32 Å². The van der Waals surface area contributed by atoms with Crippen LogP contribution in [0.2, 0.25) is 0 Å². The number of nitrogens with one attached hydrogen (secondary N) is 1. The van der Waals surface area contributed by atoms with E-state index in [1.807, 2.05) is 13.8 Å². The van der Waals surface area contributed by atoms with Crippen molar-refractivity contribution in [2.45, 2.75) is 52.5 Å². The molecule has 0 saturated carbocycles. The van der Waals surface area contributed by atoms with Crippen LogP contribution in [-0.2, 0) is 6.54 Å². The SMILES string of the molecule is CC(C)NCc1ccc(OC(C)C(C)O)c([N+](=O)[O-])c1. The molecule has 6 heteroatoms. The molecule has 0 radical (unpaired) electrons. The van der Waals surface area contributed by atoms with Gasteiger partial charge in [0.15, 0.2) is 5.75 Å². The van der Waals surface area contributed by atoms with Crippen LogP contribution in [0.3, 0.4) is 0 Å². The number of aliphatic hydroxyl groups excluding tert-OH is 1. The lowest BCUT2D eigenvalue weighted by atomic mass is 10.1. The van der Waals surface area contributed by atoms with Crippen LogP contribution in [0.1, 0.15) is 33.3 Å². The van der Waals surface area contributed by atoms with Gasteiger partial charge in [0, 0.05) is 18.7 Å². The number of nitro benzene ring substituents is 1. The van der Waals surface area contributed by atoms with E-state index in [1.165, 1.54) is 6.07 Å². The Bertz CT molecular complexity index is 460. The van der Waals surface area contributed by atoms with Crippen molar-refractivity contribution >= 4 is 5.69 Å². The summed E-state index contributed by atoms with van der Waals surface area (Å²) in [6.45, 7) is 7.83. The van der Waals surface area contributed by atoms with Gasteiger partial charge in [-0.25, -0.2) is 0 Å². The summed E-state index contributed by atoms with van der Waals surface area (Å²) >= 11 is 0. The van der Waals surface area contributed by atoms with E-state index in [1.54, 1.807) is 26.0 Å². The van der Waals surface area contributed by atoms with Gasteiger partial charge < -0.3 is 15.2 Å². The zero-order chi connectivity index (χ0) is 15.3. The second-order valence-electron chi connectivity index (χ2n) is 5.16. The maximum atomic E-state index is 11.1. The highest BCUT2D eigenvalue weighted by Gasteiger charge is 2.20. The molecule has 0 saturated heterocycles. The van der Waals surface area contributed by atoms with Gasteiger partial charge in [0.25, 0.3) is 0 Å². The third kappa shape index (κ3) is 4.79. The van der Waals surface area contributed by atoms with Crippen LogP contribution in [0, 0.1) is 10.1 Å². The number of benzene rings is 1. The summed E-state index contributed by atoms with van der Waals surface area (Å²) in [5, 5.41) is 23.7. The predicted molar refractivity (Wildman–Crippen MR) is 76.8 cm³/mol.